The van der Waals surface area contributed by atoms with Crippen LogP contribution in [0.2, 0.25) is 0 Å². The van der Waals surface area contributed by atoms with Gasteiger partial charge in [-0.1, -0.05) is 35.0 Å². The van der Waals surface area contributed by atoms with E-state index in [9.17, 15) is 4.79 Å². The van der Waals surface area contributed by atoms with Crippen LogP contribution in [0.3, 0.4) is 0 Å². The summed E-state index contributed by atoms with van der Waals surface area (Å²) in [5.74, 6) is 1.37. The van der Waals surface area contributed by atoms with E-state index in [2.05, 4.69) is 21.2 Å². The van der Waals surface area contributed by atoms with Gasteiger partial charge in [-0.15, -0.1) is 0 Å². The molecule has 0 fully saturated rings. The predicted octanol–water partition coefficient (Wildman–Crippen LogP) is 4.41. The smallest absolute Gasteiger partial charge is 0.258 e. The Balaban J connectivity index is 1.95. The van der Waals surface area contributed by atoms with Crippen LogP contribution in [0, 0.1) is 6.92 Å². The summed E-state index contributed by atoms with van der Waals surface area (Å²) in [4.78, 5) is 12.2. The summed E-state index contributed by atoms with van der Waals surface area (Å²) < 4.78 is 11.8. The zero-order valence-corrected chi connectivity index (χ0v) is 15.7. The van der Waals surface area contributed by atoms with E-state index >= 15 is 0 Å². The Morgan fingerprint density at radius 1 is 1.21 bits per heavy atom. The SMILES string of the molecule is CCC(NC(=O)COc1ccc(Br)cc1)c1ccc(OC)c(C)c1. The molecule has 0 spiro atoms. The second-order valence-electron chi connectivity index (χ2n) is 5.50. The number of amides is 1. The van der Waals surface area contributed by atoms with Gasteiger partial charge in [0.05, 0.1) is 13.2 Å². The van der Waals surface area contributed by atoms with E-state index in [-0.39, 0.29) is 18.6 Å². The topological polar surface area (TPSA) is 47.6 Å². The van der Waals surface area contributed by atoms with Gasteiger partial charge in [-0.25, -0.2) is 0 Å². The van der Waals surface area contributed by atoms with Crippen molar-refractivity contribution in [1.29, 1.82) is 0 Å². The minimum atomic E-state index is -0.141. The van der Waals surface area contributed by atoms with E-state index in [0.717, 1.165) is 27.8 Å². The van der Waals surface area contributed by atoms with Gasteiger partial charge in [0.25, 0.3) is 5.91 Å². The maximum absolute atomic E-state index is 12.2. The van der Waals surface area contributed by atoms with Crippen LogP contribution in [0.5, 0.6) is 11.5 Å². The number of hydrogen-bond acceptors (Lipinski definition) is 3. The number of hydrogen-bond donors (Lipinski definition) is 1. The molecule has 4 nitrogen and oxygen atoms in total. The molecule has 2 aromatic rings. The van der Waals surface area contributed by atoms with Crippen molar-refractivity contribution in [1.82, 2.24) is 5.32 Å². The van der Waals surface area contributed by atoms with Gasteiger partial charge in [0, 0.05) is 4.47 Å². The van der Waals surface area contributed by atoms with E-state index in [1.165, 1.54) is 0 Å². The molecular weight excluding hydrogens is 370 g/mol. The van der Waals surface area contributed by atoms with Crippen LogP contribution in [0.4, 0.5) is 0 Å². The van der Waals surface area contributed by atoms with Crippen LogP contribution >= 0.6 is 15.9 Å². The average Bonchev–Trinajstić information content (AvgIpc) is 2.59. The van der Waals surface area contributed by atoms with Gasteiger partial charge in [0.1, 0.15) is 11.5 Å². The molecule has 1 atom stereocenters. The van der Waals surface area contributed by atoms with Crippen molar-refractivity contribution < 1.29 is 14.3 Å². The van der Waals surface area contributed by atoms with Gasteiger partial charge in [-0.2, -0.15) is 0 Å². The van der Waals surface area contributed by atoms with Crippen molar-refractivity contribution in [3.8, 4) is 11.5 Å². The summed E-state index contributed by atoms with van der Waals surface area (Å²) >= 11 is 3.37. The molecule has 24 heavy (non-hydrogen) atoms. The third-order valence-electron chi connectivity index (χ3n) is 3.75. The summed E-state index contributed by atoms with van der Waals surface area (Å²) in [6.07, 6.45) is 0.801. The number of aryl methyl sites for hydroxylation is 1. The summed E-state index contributed by atoms with van der Waals surface area (Å²) in [6, 6.07) is 13.3. The molecule has 1 unspecified atom stereocenters. The van der Waals surface area contributed by atoms with Crippen molar-refractivity contribution in [3.05, 3.63) is 58.1 Å². The highest BCUT2D eigenvalue weighted by Gasteiger charge is 2.14. The zero-order valence-electron chi connectivity index (χ0n) is 14.1. The van der Waals surface area contributed by atoms with Crippen LogP contribution in [-0.2, 0) is 4.79 Å². The van der Waals surface area contributed by atoms with Crippen LogP contribution in [-0.4, -0.2) is 19.6 Å². The summed E-state index contributed by atoms with van der Waals surface area (Å²) in [5.41, 5.74) is 2.11. The predicted molar refractivity (Wildman–Crippen MR) is 98.5 cm³/mol. The van der Waals surface area contributed by atoms with Gasteiger partial charge < -0.3 is 14.8 Å². The normalized spacial score (nSPS) is 11.7. The second-order valence-corrected chi connectivity index (χ2v) is 6.42. The third kappa shape index (κ3) is 4.99. The number of carbonyl (C=O) groups excluding carboxylic acids is 1. The maximum Gasteiger partial charge on any atom is 0.258 e. The van der Waals surface area contributed by atoms with Gasteiger partial charge in [0.2, 0.25) is 0 Å². The van der Waals surface area contributed by atoms with Crippen molar-refractivity contribution in [2.75, 3.05) is 13.7 Å². The minimum absolute atomic E-state index is 0.00668. The molecule has 0 aliphatic carbocycles. The van der Waals surface area contributed by atoms with Crippen molar-refractivity contribution in [3.63, 3.8) is 0 Å². The number of ether oxygens (including phenoxy) is 2. The Labute approximate surface area is 151 Å². The molecule has 1 amide bonds. The van der Waals surface area contributed by atoms with Crippen LogP contribution in [0.25, 0.3) is 0 Å². The minimum Gasteiger partial charge on any atom is -0.496 e. The lowest BCUT2D eigenvalue weighted by Gasteiger charge is -2.19. The number of carbonyl (C=O) groups is 1. The largest absolute Gasteiger partial charge is 0.496 e. The lowest BCUT2D eigenvalue weighted by molar-refractivity contribution is -0.123. The first-order chi connectivity index (χ1) is 11.5. The lowest BCUT2D eigenvalue weighted by atomic mass is 10.0. The van der Waals surface area contributed by atoms with Crippen LogP contribution in [0.1, 0.15) is 30.5 Å². The summed E-state index contributed by atoms with van der Waals surface area (Å²) in [6.45, 7) is 4.03. The molecular formula is C19H22BrNO3. The van der Waals surface area contributed by atoms with Gasteiger partial charge in [-0.05, 0) is 54.8 Å². The quantitative estimate of drug-likeness (QED) is 0.759. The maximum atomic E-state index is 12.2. The molecule has 0 saturated carbocycles. The highest BCUT2D eigenvalue weighted by molar-refractivity contribution is 9.10. The fourth-order valence-corrected chi connectivity index (χ4v) is 2.72. The fraction of sp³-hybridized carbons (Fsp3) is 0.316. The first-order valence-electron chi connectivity index (χ1n) is 7.85. The number of rotatable bonds is 7. The van der Waals surface area contributed by atoms with Crippen molar-refractivity contribution in [2.24, 2.45) is 0 Å². The number of nitrogens with one attached hydrogen (secondary N) is 1. The number of methoxy groups -OCH3 is 1. The molecule has 0 heterocycles. The molecule has 0 aliphatic heterocycles. The highest BCUT2D eigenvalue weighted by Crippen LogP contribution is 2.24. The highest BCUT2D eigenvalue weighted by atomic mass is 79.9. The zero-order chi connectivity index (χ0) is 17.5. The third-order valence-corrected chi connectivity index (χ3v) is 4.28. The van der Waals surface area contributed by atoms with E-state index < -0.39 is 0 Å². The molecule has 1 N–H and O–H groups in total. The molecule has 2 rings (SSSR count). The lowest BCUT2D eigenvalue weighted by Crippen LogP contribution is -2.32. The Morgan fingerprint density at radius 2 is 1.92 bits per heavy atom. The Kier molecular flexibility index (Phi) is 6.67. The molecule has 0 saturated heterocycles. The van der Waals surface area contributed by atoms with Crippen molar-refractivity contribution >= 4 is 21.8 Å². The fourth-order valence-electron chi connectivity index (χ4n) is 2.46. The summed E-state index contributed by atoms with van der Waals surface area (Å²) in [7, 11) is 1.65. The first kappa shape index (κ1) is 18.3. The molecule has 0 radical (unpaired) electrons. The Morgan fingerprint density at radius 3 is 2.50 bits per heavy atom. The molecule has 0 bridgehead atoms. The molecule has 128 valence electrons. The van der Waals surface area contributed by atoms with E-state index in [0.29, 0.717) is 5.75 Å². The first-order valence-corrected chi connectivity index (χ1v) is 8.65. The Bertz CT molecular complexity index is 686. The number of halogens is 1. The van der Waals surface area contributed by atoms with Crippen LogP contribution in [0.15, 0.2) is 46.9 Å². The molecule has 0 aliphatic rings. The second kappa shape index (κ2) is 8.73. The summed E-state index contributed by atoms with van der Waals surface area (Å²) in [5, 5.41) is 3.02. The van der Waals surface area contributed by atoms with Crippen molar-refractivity contribution in [2.45, 2.75) is 26.3 Å². The van der Waals surface area contributed by atoms with E-state index in [1.807, 2.05) is 56.3 Å². The van der Waals surface area contributed by atoms with E-state index in [1.54, 1.807) is 7.11 Å². The standard InChI is InChI=1S/C19H22BrNO3/c1-4-17(14-5-10-18(23-3)13(2)11-14)21-19(22)12-24-16-8-6-15(20)7-9-16/h5-11,17H,4,12H2,1-3H3,(H,21,22). The van der Waals surface area contributed by atoms with Gasteiger partial charge in [0.15, 0.2) is 6.61 Å². The van der Waals surface area contributed by atoms with E-state index in [4.69, 9.17) is 9.47 Å². The van der Waals surface area contributed by atoms with Gasteiger partial charge in [-0.3, -0.25) is 4.79 Å². The Hall–Kier alpha value is -2.01. The number of benzene rings is 2. The molecule has 0 aromatic heterocycles. The molecule has 5 heteroatoms. The van der Waals surface area contributed by atoms with Gasteiger partial charge >= 0.3 is 0 Å². The molecule has 2 aromatic carbocycles. The average molecular weight is 392 g/mol. The monoisotopic (exact) mass is 391 g/mol. The van der Waals surface area contributed by atoms with Crippen LogP contribution < -0.4 is 14.8 Å².